The van der Waals surface area contributed by atoms with Gasteiger partial charge < -0.3 is 10.2 Å². The molecule has 1 rings (SSSR count). The van der Waals surface area contributed by atoms with E-state index in [0.717, 1.165) is 4.90 Å². The Kier molecular flexibility index (Phi) is 5.28. The predicted octanol–water partition coefficient (Wildman–Crippen LogP) is 1.08. The number of amides is 2. The van der Waals surface area contributed by atoms with E-state index in [1.54, 1.807) is 6.92 Å². The molecule has 0 aliphatic rings. The molecular formula is C12H13F2N3O4. The number of rotatable bonds is 5. The summed E-state index contributed by atoms with van der Waals surface area (Å²) in [6, 6.07) is 0.939. The van der Waals surface area contributed by atoms with Gasteiger partial charge in [0.1, 0.15) is 5.82 Å². The number of hydrogen-bond donors (Lipinski definition) is 1. The molecule has 114 valence electrons. The lowest BCUT2D eigenvalue weighted by atomic mass is 10.1. The number of nitrogens with zero attached hydrogens (tertiary/aromatic N) is 2. The molecule has 0 bridgehead atoms. The van der Waals surface area contributed by atoms with Crippen molar-refractivity contribution in [1.29, 1.82) is 0 Å². The molecule has 0 aromatic heterocycles. The van der Waals surface area contributed by atoms with Crippen molar-refractivity contribution in [2.45, 2.75) is 6.92 Å². The van der Waals surface area contributed by atoms with E-state index in [9.17, 15) is 28.5 Å². The first-order chi connectivity index (χ1) is 9.77. The third-order valence-corrected chi connectivity index (χ3v) is 2.55. The summed E-state index contributed by atoms with van der Waals surface area (Å²) in [5.74, 6) is -4.06. The van der Waals surface area contributed by atoms with E-state index in [0.29, 0.717) is 18.7 Å². The minimum atomic E-state index is -1.44. The first kappa shape index (κ1) is 16.5. The van der Waals surface area contributed by atoms with Gasteiger partial charge in [-0.25, -0.2) is 4.39 Å². The van der Waals surface area contributed by atoms with E-state index < -0.39 is 39.6 Å². The number of nitro benzene ring substituents is 1. The molecule has 0 aliphatic heterocycles. The van der Waals surface area contributed by atoms with Gasteiger partial charge in [-0.1, -0.05) is 0 Å². The molecule has 0 spiro atoms. The van der Waals surface area contributed by atoms with Crippen LogP contribution in [-0.2, 0) is 4.79 Å². The number of carbonyl (C=O) groups excluding carboxylic acids is 2. The lowest BCUT2D eigenvalue weighted by Gasteiger charge is -2.16. The van der Waals surface area contributed by atoms with Gasteiger partial charge in [0.05, 0.1) is 23.1 Å². The summed E-state index contributed by atoms with van der Waals surface area (Å²) >= 11 is 0. The lowest BCUT2D eigenvalue weighted by Crippen LogP contribution is -2.38. The van der Waals surface area contributed by atoms with Crippen LogP contribution >= 0.6 is 0 Å². The van der Waals surface area contributed by atoms with Crippen LogP contribution in [0.25, 0.3) is 0 Å². The van der Waals surface area contributed by atoms with E-state index in [1.807, 2.05) is 0 Å². The number of likely N-dealkylation sites (N-methyl/N-ethyl adjacent to an activating group) is 2. The topological polar surface area (TPSA) is 92.6 Å². The average molecular weight is 301 g/mol. The molecule has 0 unspecified atom stereocenters. The summed E-state index contributed by atoms with van der Waals surface area (Å²) in [5.41, 5.74) is -1.93. The third-order valence-electron chi connectivity index (χ3n) is 2.55. The second kappa shape index (κ2) is 6.73. The average Bonchev–Trinajstić information content (AvgIpc) is 2.40. The second-order valence-electron chi connectivity index (χ2n) is 4.16. The van der Waals surface area contributed by atoms with Crippen molar-refractivity contribution in [3.8, 4) is 0 Å². The summed E-state index contributed by atoms with van der Waals surface area (Å²) in [6.45, 7) is 1.65. The van der Waals surface area contributed by atoms with Gasteiger partial charge in [-0.05, 0) is 13.0 Å². The fourth-order valence-corrected chi connectivity index (χ4v) is 1.61. The minimum absolute atomic E-state index is 0.348. The summed E-state index contributed by atoms with van der Waals surface area (Å²) in [4.78, 5) is 33.6. The highest BCUT2D eigenvalue weighted by molar-refractivity contribution is 5.97. The lowest BCUT2D eigenvalue weighted by molar-refractivity contribution is -0.387. The Bertz CT molecular complexity index is 592. The molecule has 0 atom stereocenters. The largest absolute Gasteiger partial charge is 0.355 e. The SMILES string of the molecule is CCNC(=O)CN(C)C(=O)c1cc(F)cc([N+](=O)[O-])c1F. The molecule has 7 nitrogen and oxygen atoms in total. The minimum Gasteiger partial charge on any atom is -0.355 e. The standard InChI is InChI=1S/C12H13F2N3O4/c1-3-15-10(18)6-16(2)12(19)8-4-7(13)5-9(11(8)14)17(20)21/h4-5H,3,6H2,1-2H3,(H,15,18). The van der Waals surface area contributed by atoms with Crippen molar-refractivity contribution in [1.82, 2.24) is 10.2 Å². The molecule has 9 heteroatoms. The Morgan fingerprint density at radius 3 is 2.52 bits per heavy atom. The van der Waals surface area contributed by atoms with Crippen molar-refractivity contribution >= 4 is 17.5 Å². The number of halogens is 2. The number of carbonyl (C=O) groups is 2. The van der Waals surface area contributed by atoms with Gasteiger partial charge in [0.25, 0.3) is 5.91 Å². The Labute approximate surface area is 118 Å². The molecule has 1 N–H and O–H groups in total. The fraction of sp³-hybridized carbons (Fsp3) is 0.333. The molecule has 0 saturated carbocycles. The number of nitrogens with one attached hydrogen (secondary N) is 1. The molecule has 0 aliphatic carbocycles. The van der Waals surface area contributed by atoms with Crippen molar-refractivity contribution in [3.05, 3.63) is 39.4 Å². The molecule has 1 aromatic carbocycles. The number of nitro groups is 1. The van der Waals surface area contributed by atoms with E-state index in [-0.39, 0.29) is 6.54 Å². The Balaban J connectivity index is 3.07. The highest BCUT2D eigenvalue weighted by Gasteiger charge is 2.26. The first-order valence-electron chi connectivity index (χ1n) is 5.93. The zero-order valence-electron chi connectivity index (χ0n) is 11.4. The van der Waals surface area contributed by atoms with Crippen LogP contribution in [0.3, 0.4) is 0 Å². The summed E-state index contributed by atoms with van der Waals surface area (Å²) in [7, 11) is 1.20. The van der Waals surface area contributed by atoms with E-state index in [1.165, 1.54) is 7.05 Å². The second-order valence-corrected chi connectivity index (χ2v) is 4.16. The van der Waals surface area contributed by atoms with Crippen LogP contribution < -0.4 is 5.32 Å². The maximum Gasteiger partial charge on any atom is 0.308 e. The fourth-order valence-electron chi connectivity index (χ4n) is 1.61. The third kappa shape index (κ3) is 3.94. The van der Waals surface area contributed by atoms with Crippen molar-refractivity contribution in [2.24, 2.45) is 0 Å². The normalized spacial score (nSPS) is 10.1. The van der Waals surface area contributed by atoms with E-state index >= 15 is 0 Å². The van der Waals surface area contributed by atoms with Gasteiger partial charge >= 0.3 is 5.69 Å². The van der Waals surface area contributed by atoms with Gasteiger partial charge in [0, 0.05) is 13.6 Å². The maximum absolute atomic E-state index is 13.8. The van der Waals surface area contributed by atoms with Gasteiger partial charge in [-0.2, -0.15) is 4.39 Å². The molecule has 2 amide bonds. The summed E-state index contributed by atoms with van der Waals surface area (Å²) in [6.07, 6.45) is 0. The molecule has 0 fully saturated rings. The molecule has 0 saturated heterocycles. The van der Waals surface area contributed by atoms with Crippen LogP contribution in [0.2, 0.25) is 0 Å². The van der Waals surface area contributed by atoms with Crippen LogP contribution in [0.1, 0.15) is 17.3 Å². The van der Waals surface area contributed by atoms with Crippen LogP contribution in [0.15, 0.2) is 12.1 Å². The van der Waals surface area contributed by atoms with Gasteiger partial charge in [0.2, 0.25) is 11.7 Å². The van der Waals surface area contributed by atoms with Crippen molar-refractivity contribution in [3.63, 3.8) is 0 Å². The highest BCUT2D eigenvalue weighted by atomic mass is 19.1. The zero-order valence-corrected chi connectivity index (χ0v) is 11.4. The summed E-state index contributed by atoms with van der Waals surface area (Å²) < 4.78 is 27.1. The molecule has 0 radical (unpaired) electrons. The monoisotopic (exact) mass is 301 g/mol. The molecule has 1 aromatic rings. The summed E-state index contributed by atoms with van der Waals surface area (Å²) in [5, 5.41) is 13.0. The molecular weight excluding hydrogens is 288 g/mol. The zero-order chi connectivity index (χ0) is 16.2. The van der Waals surface area contributed by atoms with Crippen LogP contribution in [-0.4, -0.2) is 41.8 Å². The maximum atomic E-state index is 13.8. The van der Waals surface area contributed by atoms with Gasteiger partial charge in [0.15, 0.2) is 0 Å². The van der Waals surface area contributed by atoms with Crippen molar-refractivity contribution in [2.75, 3.05) is 20.1 Å². The Morgan fingerprint density at radius 2 is 2.00 bits per heavy atom. The van der Waals surface area contributed by atoms with Gasteiger partial charge in [-0.3, -0.25) is 19.7 Å². The number of benzene rings is 1. The van der Waals surface area contributed by atoms with Crippen LogP contribution in [0, 0.1) is 21.7 Å². The molecule has 0 heterocycles. The Morgan fingerprint density at radius 1 is 1.38 bits per heavy atom. The van der Waals surface area contributed by atoms with E-state index in [4.69, 9.17) is 0 Å². The quantitative estimate of drug-likeness (QED) is 0.650. The van der Waals surface area contributed by atoms with Crippen LogP contribution in [0.4, 0.5) is 14.5 Å². The molecule has 21 heavy (non-hydrogen) atoms. The Hall–Kier alpha value is -2.58. The smallest absolute Gasteiger partial charge is 0.308 e. The predicted molar refractivity (Wildman–Crippen MR) is 68.7 cm³/mol. The van der Waals surface area contributed by atoms with Crippen LogP contribution in [0.5, 0.6) is 0 Å². The highest BCUT2D eigenvalue weighted by Crippen LogP contribution is 2.23. The van der Waals surface area contributed by atoms with Crippen molar-refractivity contribution < 1.29 is 23.3 Å². The number of hydrogen-bond acceptors (Lipinski definition) is 4. The van der Waals surface area contributed by atoms with Gasteiger partial charge in [-0.15, -0.1) is 0 Å². The first-order valence-corrected chi connectivity index (χ1v) is 5.93. The van der Waals surface area contributed by atoms with E-state index in [2.05, 4.69) is 5.32 Å².